The Balaban J connectivity index is 1.67. The van der Waals surface area contributed by atoms with Crippen LogP contribution in [0.2, 0.25) is 0 Å². The molecule has 1 fully saturated rings. The van der Waals surface area contributed by atoms with Crippen molar-refractivity contribution in [2.75, 3.05) is 26.7 Å². The Morgan fingerprint density at radius 3 is 2.77 bits per heavy atom. The maximum absolute atomic E-state index is 13.9. The number of carbonyl (C=O) groups excluding carboxylic acids is 2. The third kappa shape index (κ3) is 5.63. The van der Waals surface area contributed by atoms with Crippen molar-refractivity contribution in [3.05, 3.63) is 59.0 Å². The number of pyridine rings is 1. The number of nitrogens with zero attached hydrogens (tertiary/aromatic N) is 3. The molecule has 0 radical (unpaired) electrons. The van der Waals surface area contributed by atoms with Gasteiger partial charge in [0.25, 0.3) is 5.91 Å². The first kappa shape index (κ1) is 24.7. The van der Waals surface area contributed by atoms with E-state index in [1.807, 2.05) is 6.92 Å². The highest BCUT2D eigenvalue weighted by Crippen LogP contribution is 2.32. The second-order valence-electron chi connectivity index (χ2n) is 9.42. The molecule has 0 unspecified atom stereocenters. The highest BCUT2D eigenvalue weighted by atomic mass is 19.1. The van der Waals surface area contributed by atoms with E-state index in [-0.39, 0.29) is 47.3 Å². The maximum atomic E-state index is 13.9. The Labute approximate surface area is 204 Å². The topological polar surface area (TPSA) is 83.0 Å². The standard InChI is InChI=1S/C27H30FN3O4/c1-17-14-31(18(2)16-32)27(34)22-12-19(8-9-20-6-4-5-7-23(20)28)13-29-25(22)35-24(17)15-30(3)26(33)21-10-11-21/h4-7,12-13,17-18,21,24,32H,10-11,14-16H2,1-3H3/t17-,18-,24+/m0/s1. The molecule has 1 saturated carbocycles. The summed E-state index contributed by atoms with van der Waals surface area (Å²) in [6.07, 6.45) is 2.93. The van der Waals surface area contributed by atoms with Gasteiger partial charge in [-0.15, -0.1) is 0 Å². The number of aromatic nitrogens is 1. The number of ether oxygens (including phenoxy) is 1. The molecule has 2 amide bonds. The van der Waals surface area contributed by atoms with Gasteiger partial charge >= 0.3 is 0 Å². The minimum absolute atomic E-state index is 0.0948. The second-order valence-corrected chi connectivity index (χ2v) is 9.42. The van der Waals surface area contributed by atoms with Crippen LogP contribution in [0.1, 0.15) is 48.2 Å². The number of carbonyl (C=O) groups is 2. The number of hydrogen-bond acceptors (Lipinski definition) is 5. The van der Waals surface area contributed by atoms with Gasteiger partial charge in [-0.2, -0.15) is 0 Å². The van der Waals surface area contributed by atoms with Crippen LogP contribution in [-0.2, 0) is 4.79 Å². The maximum Gasteiger partial charge on any atom is 0.259 e. The van der Waals surface area contributed by atoms with E-state index >= 15 is 0 Å². The highest BCUT2D eigenvalue weighted by Gasteiger charge is 2.37. The highest BCUT2D eigenvalue weighted by molar-refractivity contribution is 5.97. The molecule has 1 aromatic heterocycles. The summed E-state index contributed by atoms with van der Waals surface area (Å²) in [6.45, 7) is 4.26. The molecule has 1 aliphatic carbocycles. The lowest BCUT2D eigenvalue weighted by molar-refractivity contribution is -0.132. The molecule has 2 heterocycles. The van der Waals surface area contributed by atoms with Crippen molar-refractivity contribution in [1.29, 1.82) is 0 Å². The van der Waals surface area contributed by atoms with E-state index in [1.165, 1.54) is 12.3 Å². The van der Waals surface area contributed by atoms with Gasteiger partial charge in [-0.1, -0.05) is 30.9 Å². The van der Waals surface area contributed by atoms with Crippen molar-refractivity contribution >= 4 is 11.8 Å². The van der Waals surface area contributed by atoms with Crippen LogP contribution in [0.25, 0.3) is 0 Å². The normalized spacial score (nSPS) is 20.5. The summed E-state index contributed by atoms with van der Waals surface area (Å²) in [5, 5.41) is 9.79. The van der Waals surface area contributed by atoms with Gasteiger partial charge in [-0.05, 0) is 38.0 Å². The first-order chi connectivity index (χ1) is 16.8. The Kier molecular flexibility index (Phi) is 7.37. The molecule has 3 atom stereocenters. The molecule has 8 heteroatoms. The van der Waals surface area contributed by atoms with Crippen LogP contribution in [0.4, 0.5) is 4.39 Å². The predicted octanol–water partition coefficient (Wildman–Crippen LogP) is 2.71. The fraction of sp³-hybridized carbons (Fsp3) is 0.444. The summed E-state index contributed by atoms with van der Waals surface area (Å²) >= 11 is 0. The molecule has 0 spiro atoms. The van der Waals surface area contributed by atoms with E-state index in [0.717, 1.165) is 12.8 Å². The van der Waals surface area contributed by atoms with Crippen molar-refractivity contribution in [3.8, 4) is 17.7 Å². The lowest BCUT2D eigenvalue weighted by Crippen LogP contribution is -2.50. The Bertz CT molecular complexity index is 1170. The van der Waals surface area contributed by atoms with Gasteiger partial charge < -0.3 is 19.6 Å². The summed E-state index contributed by atoms with van der Waals surface area (Å²) in [4.78, 5) is 33.7. The minimum Gasteiger partial charge on any atom is -0.472 e. The number of benzene rings is 1. The van der Waals surface area contributed by atoms with E-state index in [4.69, 9.17) is 4.74 Å². The van der Waals surface area contributed by atoms with Gasteiger partial charge in [0.2, 0.25) is 11.8 Å². The lowest BCUT2D eigenvalue weighted by atomic mass is 9.99. The predicted molar refractivity (Wildman–Crippen MR) is 128 cm³/mol. The van der Waals surface area contributed by atoms with E-state index in [9.17, 15) is 19.1 Å². The molecule has 4 rings (SSSR count). The van der Waals surface area contributed by atoms with Gasteiger partial charge in [0.05, 0.1) is 24.8 Å². The van der Waals surface area contributed by atoms with Crippen LogP contribution in [0, 0.1) is 29.5 Å². The van der Waals surface area contributed by atoms with E-state index in [1.54, 1.807) is 48.0 Å². The number of hydrogen-bond donors (Lipinski definition) is 1. The SMILES string of the molecule is C[C@H]1CN([C@@H](C)CO)C(=O)c2cc(C#Cc3ccccc3F)cnc2O[C@@H]1CN(C)C(=O)C1CC1. The number of rotatable bonds is 5. The van der Waals surface area contributed by atoms with Crippen LogP contribution < -0.4 is 4.74 Å². The van der Waals surface area contributed by atoms with Gasteiger partial charge in [-0.3, -0.25) is 9.59 Å². The van der Waals surface area contributed by atoms with E-state index in [2.05, 4.69) is 16.8 Å². The zero-order valence-corrected chi connectivity index (χ0v) is 20.2. The van der Waals surface area contributed by atoms with Crippen LogP contribution in [0.15, 0.2) is 36.5 Å². The molecule has 2 aliphatic rings. The van der Waals surface area contributed by atoms with Crippen LogP contribution in [0.5, 0.6) is 5.88 Å². The van der Waals surface area contributed by atoms with Gasteiger partial charge in [0.15, 0.2) is 0 Å². The molecule has 2 aromatic rings. The average molecular weight is 480 g/mol. The van der Waals surface area contributed by atoms with Crippen molar-refractivity contribution in [1.82, 2.24) is 14.8 Å². The fourth-order valence-corrected chi connectivity index (χ4v) is 4.09. The number of fused-ring (bicyclic) bond motifs is 1. The molecule has 184 valence electrons. The number of halogens is 1. The zero-order chi connectivity index (χ0) is 25.1. The third-order valence-electron chi connectivity index (χ3n) is 6.49. The summed E-state index contributed by atoms with van der Waals surface area (Å²) in [5.74, 6) is 5.14. The summed E-state index contributed by atoms with van der Waals surface area (Å²) in [6, 6.07) is 7.36. The molecule has 1 aromatic carbocycles. The fourth-order valence-electron chi connectivity index (χ4n) is 4.09. The van der Waals surface area contributed by atoms with Crippen molar-refractivity contribution < 1.29 is 23.8 Å². The third-order valence-corrected chi connectivity index (χ3v) is 6.49. The van der Waals surface area contributed by atoms with Gasteiger partial charge in [0.1, 0.15) is 17.5 Å². The Hall–Kier alpha value is -3.44. The molecule has 7 nitrogen and oxygen atoms in total. The average Bonchev–Trinajstić information content (AvgIpc) is 3.70. The summed E-state index contributed by atoms with van der Waals surface area (Å²) in [5.41, 5.74) is 0.903. The van der Waals surface area contributed by atoms with E-state index < -0.39 is 18.0 Å². The molecular weight excluding hydrogens is 449 g/mol. The van der Waals surface area contributed by atoms with Crippen molar-refractivity contribution in [2.45, 2.75) is 38.8 Å². The molecule has 0 saturated heterocycles. The molecular formula is C27H30FN3O4. The quantitative estimate of drug-likeness (QED) is 0.667. The first-order valence-electron chi connectivity index (χ1n) is 11.9. The van der Waals surface area contributed by atoms with Crippen LogP contribution >= 0.6 is 0 Å². The van der Waals surface area contributed by atoms with Crippen LogP contribution in [0.3, 0.4) is 0 Å². The number of amides is 2. The largest absolute Gasteiger partial charge is 0.472 e. The summed E-state index contributed by atoms with van der Waals surface area (Å²) in [7, 11) is 1.77. The zero-order valence-electron chi connectivity index (χ0n) is 20.2. The van der Waals surface area contributed by atoms with Crippen molar-refractivity contribution in [3.63, 3.8) is 0 Å². The first-order valence-corrected chi connectivity index (χ1v) is 11.9. The molecule has 1 aliphatic heterocycles. The Morgan fingerprint density at radius 2 is 2.09 bits per heavy atom. The van der Waals surface area contributed by atoms with Gasteiger partial charge in [-0.25, -0.2) is 9.37 Å². The van der Waals surface area contributed by atoms with Crippen LogP contribution in [-0.4, -0.2) is 70.6 Å². The monoisotopic (exact) mass is 479 g/mol. The molecule has 35 heavy (non-hydrogen) atoms. The second kappa shape index (κ2) is 10.4. The van der Waals surface area contributed by atoms with Crippen molar-refractivity contribution in [2.24, 2.45) is 11.8 Å². The van der Waals surface area contributed by atoms with E-state index in [0.29, 0.717) is 18.7 Å². The smallest absolute Gasteiger partial charge is 0.259 e. The Morgan fingerprint density at radius 1 is 1.34 bits per heavy atom. The number of likely N-dealkylation sites (N-methyl/N-ethyl adjacent to an activating group) is 1. The minimum atomic E-state index is -0.428. The number of aliphatic hydroxyl groups is 1. The number of aliphatic hydroxyl groups excluding tert-OH is 1. The summed E-state index contributed by atoms with van der Waals surface area (Å²) < 4.78 is 20.2. The molecule has 0 bridgehead atoms. The van der Waals surface area contributed by atoms with Gasteiger partial charge in [0, 0.05) is 37.2 Å². The molecule has 1 N–H and O–H groups in total. The lowest BCUT2D eigenvalue weighted by Gasteiger charge is -2.37.